The van der Waals surface area contributed by atoms with Gasteiger partial charge in [-0.1, -0.05) is 98.4 Å². The predicted octanol–water partition coefficient (Wildman–Crippen LogP) is 11.8. The fourth-order valence-electron chi connectivity index (χ4n) is 5.92. The highest BCUT2D eigenvalue weighted by Gasteiger charge is 2.23. The summed E-state index contributed by atoms with van der Waals surface area (Å²) in [7, 11) is 0. The Morgan fingerprint density at radius 3 is 1.65 bits per heavy atom. The van der Waals surface area contributed by atoms with E-state index < -0.39 is 11.6 Å². The van der Waals surface area contributed by atoms with Crippen molar-refractivity contribution in [3.63, 3.8) is 0 Å². The number of carbonyl (C=O) groups is 2. The second kappa shape index (κ2) is 24.6. The minimum absolute atomic E-state index is 0.0789. The summed E-state index contributed by atoms with van der Waals surface area (Å²) >= 11 is 0. The average molecular weight is 820 g/mol. The number of imidazole rings is 1. The maximum Gasteiger partial charge on any atom is 0.261 e. The third kappa shape index (κ3) is 14.9. The third-order valence-corrected chi connectivity index (χ3v) is 8.81. The van der Waals surface area contributed by atoms with Gasteiger partial charge in [0.15, 0.2) is 0 Å². The van der Waals surface area contributed by atoms with Crippen molar-refractivity contribution in [3.8, 4) is 0 Å². The van der Waals surface area contributed by atoms with Gasteiger partial charge in [0, 0.05) is 54.5 Å². The Morgan fingerprint density at radius 2 is 1.22 bits per heavy atom. The molecular weight excluding hydrogens is 757 g/mol. The van der Waals surface area contributed by atoms with Gasteiger partial charge in [-0.15, -0.1) is 0 Å². The number of nitrogens with one attached hydrogen (secondary N) is 4. The Hall–Kier alpha value is -6.23. The molecule has 0 spiro atoms. The summed E-state index contributed by atoms with van der Waals surface area (Å²) in [5, 5.41) is 9.65. The molecule has 60 heavy (non-hydrogen) atoms. The molecule has 0 radical (unpaired) electrons. The molecule has 0 aliphatic rings. The molecule has 0 atom stereocenters. The Labute approximate surface area is 356 Å². The van der Waals surface area contributed by atoms with Crippen molar-refractivity contribution in [2.24, 2.45) is 11.8 Å². The summed E-state index contributed by atoms with van der Waals surface area (Å²) < 4.78 is 28.4. The number of aromatic nitrogens is 2. The average Bonchev–Trinajstić information content (AvgIpc) is 3.73. The van der Waals surface area contributed by atoms with E-state index in [1.54, 1.807) is 40.3 Å². The lowest BCUT2D eigenvalue weighted by Gasteiger charge is -2.25. The Bertz CT molecular complexity index is 2140. The van der Waals surface area contributed by atoms with Crippen LogP contribution in [0.3, 0.4) is 0 Å². The third-order valence-electron chi connectivity index (χ3n) is 8.81. The van der Waals surface area contributed by atoms with Crippen LogP contribution in [-0.4, -0.2) is 41.4 Å². The second-order valence-corrected chi connectivity index (χ2v) is 15.2. The first-order valence-corrected chi connectivity index (χ1v) is 20.6. The van der Waals surface area contributed by atoms with Gasteiger partial charge in [0.1, 0.15) is 17.5 Å². The van der Waals surface area contributed by atoms with Gasteiger partial charge in [0.05, 0.1) is 29.6 Å². The summed E-state index contributed by atoms with van der Waals surface area (Å²) in [6.45, 7) is 24.2. The van der Waals surface area contributed by atoms with Crippen LogP contribution in [0.1, 0.15) is 100 Å². The lowest BCUT2D eigenvalue weighted by molar-refractivity contribution is 0.0972. The van der Waals surface area contributed by atoms with Gasteiger partial charge in [0.25, 0.3) is 11.8 Å². The van der Waals surface area contributed by atoms with E-state index in [-0.39, 0.29) is 34.8 Å². The van der Waals surface area contributed by atoms with Crippen LogP contribution in [0.25, 0.3) is 0 Å². The van der Waals surface area contributed by atoms with Crippen molar-refractivity contribution in [2.75, 3.05) is 40.1 Å². The predicted molar refractivity (Wildman–Crippen MR) is 246 cm³/mol. The maximum absolute atomic E-state index is 14.2. The van der Waals surface area contributed by atoms with E-state index in [2.05, 4.69) is 46.3 Å². The fraction of sp³-hybridized carbons (Fsp3) is 0.327. The quantitative estimate of drug-likeness (QED) is 0.0745. The zero-order chi connectivity index (χ0) is 44.2. The molecular formula is C49H63F2N7O2. The minimum atomic E-state index is -0.509. The number of carbonyl (C=O) groups excluding carboxylic acids is 2. The molecule has 1 heterocycles. The van der Waals surface area contributed by atoms with Crippen LogP contribution in [0.4, 0.5) is 31.5 Å². The number of aromatic amines is 1. The number of halogens is 2. The molecule has 4 N–H and O–H groups in total. The molecule has 9 nitrogen and oxygen atoms in total. The zero-order valence-electron chi connectivity index (χ0n) is 36.7. The molecule has 0 bridgehead atoms. The zero-order valence-corrected chi connectivity index (χ0v) is 36.7. The molecule has 0 fully saturated rings. The number of anilines is 4. The lowest BCUT2D eigenvalue weighted by Crippen LogP contribution is -2.34. The summed E-state index contributed by atoms with van der Waals surface area (Å²) in [6, 6.07) is 27.4. The molecule has 320 valence electrons. The second-order valence-electron chi connectivity index (χ2n) is 15.2. The molecule has 0 saturated heterocycles. The van der Waals surface area contributed by atoms with E-state index in [1.165, 1.54) is 24.3 Å². The summed E-state index contributed by atoms with van der Waals surface area (Å²) in [6.07, 6.45) is 5.32. The van der Waals surface area contributed by atoms with Crippen LogP contribution < -0.4 is 25.8 Å². The molecule has 4 aromatic carbocycles. The number of hydrogen-bond acceptors (Lipinski definition) is 6. The Balaban J connectivity index is 0.000000308. The highest BCUT2D eigenvalue weighted by atomic mass is 19.1. The van der Waals surface area contributed by atoms with Crippen LogP contribution in [0.2, 0.25) is 0 Å². The van der Waals surface area contributed by atoms with Crippen molar-refractivity contribution >= 4 is 34.6 Å². The Kier molecular flexibility index (Phi) is 19.8. The Morgan fingerprint density at radius 1 is 0.733 bits per heavy atom. The summed E-state index contributed by atoms with van der Waals surface area (Å²) in [4.78, 5) is 37.1. The molecule has 2 amide bonds. The first-order valence-electron chi connectivity index (χ1n) is 20.6. The number of benzene rings is 4. The fourth-order valence-corrected chi connectivity index (χ4v) is 5.92. The van der Waals surface area contributed by atoms with Crippen molar-refractivity contribution in [1.82, 2.24) is 15.3 Å². The van der Waals surface area contributed by atoms with E-state index in [1.807, 2.05) is 109 Å². The van der Waals surface area contributed by atoms with Crippen LogP contribution in [0.15, 0.2) is 128 Å². The highest BCUT2D eigenvalue weighted by Crippen LogP contribution is 2.26. The van der Waals surface area contributed by atoms with E-state index in [0.29, 0.717) is 32.1 Å². The van der Waals surface area contributed by atoms with Crippen LogP contribution in [0.5, 0.6) is 0 Å². The summed E-state index contributed by atoms with van der Waals surface area (Å²) in [5.74, 6) is 0.0792. The smallest absolute Gasteiger partial charge is 0.261 e. The number of H-pyrrole nitrogens is 1. The normalized spacial score (nSPS) is 10.9. The van der Waals surface area contributed by atoms with E-state index >= 15 is 0 Å². The van der Waals surface area contributed by atoms with Crippen molar-refractivity contribution < 1.29 is 18.4 Å². The minimum Gasteiger partial charge on any atom is -0.381 e. The SMILES string of the molecule is C=CN/C=C(\C)CNc1cccc(N(CC(C)C)C(=O)c2ccccc2F)c1.CC.CC(C)CN(C(=O)c1ccccc1F)c1cccc(NCc2cnc(C(C)C)[nH]2)c1. The topological polar surface area (TPSA) is 105 Å². The maximum atomic E-state index is 14.2. The van der Waals surface area contributed by atoms with Crippen molar-refractivity contribution in [3.05, 3.63) is 162 Å². The number of nitrogens with zero attached hydrogens (tertiary/aromatic N) is 3. The van der Waals surface area contributed by atoms with Gasteiger partial charge in [0.2, 0.25) is 0 Å². The molecule has 0 aliphatic carbocycles. The van der Waals surface area contributed by atoms with E-state index in [4.69, 9.17) is 0 Å². The standard InChI is InChI=1S/C24H29FN4O.C23H28FN3O.C2H6/c1-16(2)15-29(24(30)21-10-5-6-11-22(21)25)20-9-7-8-18(12-20)26-13-19-14-27-23(28-19)17(3)4;1-5-25-14-18(4)15-26-19-9-8-10-20(13-19)27(16-17(2)3)23(28)21-11-6-7-12-22(21)24;1-2/h5-12,14,16-17,26H,13,15H2,1-4H3,(H,27,28);5-14,17,25-26H,1,15-16H2,2-4H3;1-2H3/b;18-14+;. The van der Waals surface area contributed by atoms with Gasteiger partial charge >= 0.3 is 0 Å². The number of hydrogen-bond donors (Lipinski definition) is 4. The van der Waals surface area contributed by atoms with Gasteiger partial charge in [-0.05, 0) is 91.2 Å². The van der Waals surface area contributed by atoms with Gasteiger partial charge in [-0.2, -0.15) is 0 Å². The van der Waals surface area contributed by atoms with Gasteiger partial charge in [-0.3, -0.25) is 9.59 Å². The molecule has 5 aromatic rings. The molecule has 0 saturated carbocycles. The lowest BCUT2D eigenvalue weighted by atomic mass is 10.1. The molecule has 5 rings (SSSR count). The van der Waals surface area contributed by atoms with Gasteiger partial charge in [-0.25, -0.2) is 13.8 Å². The summed E-state index contributed by atoms with van der Waals surface area (Å²) in [5.41, 5.74) is 5.48. The highest BCUT2D eigenvalue weighted by molar-refractivity contribution is 6.07. The van der Waals surface area contributed by atoms with E-state index in [0.717, 1.165) is 39.8 Å². The van der Waals surface area contributed by atoms with Crippen LogP contribution >= 0.6 is 0 Å². The van der Waals surface area contributed by atoms with E-state index in [9.17, 15) is 18.4 Å². The molecule has 11 heteroatoms. The van der Waals surface area contributed by atoms with Crippen LogP contribution in [0, 0.1) is 23.5 Å². The largest absolute Gasteiger partial charge is 0.381 e. The molecule has 0 aliphatic heterocycles. The monoisotopic (exact) mass is 820 g/mol. The van der Waals surface area contributed by atoms with Gasteiger partial charge < -0.3 is 30.7 Å². The first-order chi connectivity index (χ1) is 28.8. The number of rotatable bonds is 17. The van der Waals surface area contributed by atoms with Crippen LogP contribution in [-0.2, 0) is 6.54 Å². The number of amides is 2. The molecule has 0 unspecified atom stereocenters. The van der Waals surface area contributed by atoms with Crippen molar-refractivity contribution in [2.45, 2.75) is 74.8 Å². The molecule has 1 aromatic heterocycles. The van der Waals surface area contributed by atoms with Crippen molar-refractivity contribution in [1.29, 1.82) is 0 Å². The first kappa shape index (κ1) is 48.1.